The Labute approximate surface area is 185 Å². The standard InChI is InChI=1S/C26H33O5/c1-4-11-22(19-28-17-20-12-7-5-8-13-20)24-25(23(16-27)30-26(2,3)31-24)29-18-21-14-9-6-10-15-21/h1,4-10,12-15,22-25,27H,11,16-19H2,2-3H3/q+1/t22-,23-,24+,25+/m0/s1. The zero-order valence-corrected chi connectivity index (χ0v) is 18.4. The maximum absolute atomic E-state index is 10.0. The van der Waals surface area contributed by atoms with E-state index in [0.29, 0.717) is 26.2 Å². The first-order valence-corrected chi connectivity index (χ1v) is 10.8. The Morgan fingerprint density at radius 3 is 2.19 bits per heavy atom. The molecule has 0 spiro atoms. The summed E-state index contributed by atoms with van der Waals surface area (Å²) in [5.41, 5.74) is 2.15. The average molecular weight is 426 g/mol. The van der Waals surface area contributed by atoms with Crippen molar-refractivity contribution in [1.82, 2.24) is 0 Å². The van der Waals surface area contributed by atoms with Gasteiger partial charge in [0.15, 0.2) is 11.9 Å². The molecule has 0 aliphatic carbocycles. The van der Waals surface area contributed by atoms with Gasteiger partial charge in [-0.3, -0.25) is 0 Å². The quantitative estimate of drug-likeness (QED) is 0.544. The highest BCUT2D eigenvalue weighted by molar-refractivity contribution is 5.14. The van der Waals surface area contributed by atoms with Gasteiger partial charge in [0.1, 0.15) is 12.2 Å². The van der Waals surface area contributed by atoms with Crippen LogP contribution in [0.5, 0.6) is 0 Å². The summed E-state index contributed by atoms with van der Waals surface area (Å²) in [6, 6.07) is 20.0. The Kier molecular flexibility index (Phi) is 8.73. The molecule has 1 heterocycles. The monoisotopic (exact) mass is 425 g/mol. The minimum Gasteiger partial charge on any atom is -0.394 e. The summed E-state index contributed by atoms with van der Waals surface area (Å²) in [7, 11) is 0. The Morgan fingerprint density at radius 1 is 1.00 bits per heavy atom. The van der Waals surface area contributed by atoms with Gasteiger partial charge in [-0.25, -0.2) is 0 Å². The van der Waals surface area contributed by atoms with Crippen LogP contribution >= 0.6 is 0 Å². The SMILES string of the molecule is [CH+]=CC[C@@H](COCc1ccccc1)[C@H]1OC(C)(C)O[C@@H](CO)[C@H]1OCc1ccccc1. The predicted molar refractivity (Wildman–Crippen MR) is 119 cm³/mol. The molecule has 4 atom stereocenters. The molecule has 3 rings (SSSR count). The third-order valence-corrected chi connectivity index (χ3v) is 5.36. The first kappa shape index (κ1) is 23.6. The van der Waals surface area contributed by atoms with Crippen molar-refractivity contribution in [2.45, 2.75) is 57.6 Å². The third-order valence-electron chi connectivity index (χ3n) is 5.36. The minimum absolute atomic E-state index is 0.0493. The number of hydrogen-bond acceptors (Lipinski definition) is 5. The highest BCUT2D eigenvalue weighted by Gasteiger charge is 2.47. The van der Waals surface area contributed by atoms with E-state index in [-0.39, 0.29) is 18.6 Å². The van der Waals surface area contributed by atoms with E-state index in [0.717, 1.165) is 11.1 Å². The van der Waals surface area contributed by atoms with Crippen LogP contribution in [0.1, 0.15) is 31.4 Å². The lowest BCUT2D eigenvalue weighted by molar-refractivity contribution is -0.353. The second-order valence-corrected chi connectivity index (χ2v) is 8.31. The maximum Gasteiger partial charge on any atom is 0.201 e. The molecule has 5 nitrogen and oxygen atoms in total. The molecule has 0 amide bonds. The smallest absolute Gasteiger partial charge is 0.201 e. The number of rotatable bonds is 11. The fourth-order valence-electron chi connectivity index (χ4n) is 3.91. The van der Waals surface area contributed by atoms with Crippen LogP contribution < -0.4 is 0 Å². The van der Waals surface area contributed by atoms with Crippen molar-refractivity contribution >= 4 is 0 Å². The summed E-state index contributed by atoms with van der Waals surface area (Å²) in [6.07, 6.45) is 0.916. The normalized spacial score (nSPS) is 23.9. The van der Waals surface area contributed by atoms with Crippen LogP contribution in [0.4, 0.5) is 0 Å². The van der Waals surface area contributed by atoms with Gasteiger partial charge < -0.3 is 24.1 Å². The van der Waals surface area contributed by atoms with E-state index >= 15 is 0 Å². The van der Waals surface area contributed by atoms with E-state index in [1.807, 2.05) is 74.5 Å². The second-order valence-electron chi connectivity index (χ2n) is 8.31. The van der Waals surface area contributed by atoms with Crippen LogP contribution in [0.2, 0.25) is 0 Å². The molecular formula is C26H33O5+. The lowest BCUT2D eigenvalue weighted by Crippen LogP contribution is -2.59. The fraction of sp³-hybridized carbons (Fsp3) is 0.462. The molecular weight excluding hydrogens is 392 g/mol. The highest BCUT2D eigenvalue weighted by atomic mass is 16.7. The van der Waals surface area contributed by atoms with Gasteiger partial charge in [-0.05, 0) is 25.0 Å². The predicted octanol–water partition coefficient (Wildman–Crippen LogP) is 4.30. The molecule has 1 fully saturated rings. The molecule has 0 unspecified atom stereocenters. The van der Waals surface area contributed by atoms with E-state index in [4.69, 9.17) is 25.5 Å². The summed E-state index contributed by atoms with van der Waals surface area (Å²) < 4.78 is 24.6. The van der Waals surface area contributed by atoms with Crippen molar-refractivity contribution in [3.8, 4) is 0 Å². The first-order valence-electron chi connectivity index (χ1n) is 10.8. The van der Waals surface area contributed by atoms with Gasteiger partial charge in [-0.2, -0.15) is 0 Å². The maximum atomic E-state index is 10.0. The lowest BCUT2D eigenvalue weighted by atomic mass is 9.90. The van der Waals surface area contributed by atoms with Crippen LogP contribution in [0.15, 0.2) is 66.7 Å². The molecule has 166 valence electrons. The van der Waals surface area contributed by atoms with Crippen LogP contribution in [-0.4, -0.2) is 42.4 Å². The minimum atomic E-state index is -0.850. The van der Waals surface area contributed by atoms with E-state index in [9.17, 15) is 5.11 Å². The molecule has 31 heavy (non-hydrogen) atoms. The van der Waals surface area contributed by atoms with E-state index in [1.165, 1.54) is 0 Å². The van der Waals surface area contributed by atoms with E-state index < -0.39 is 18.0 Å². The molecule has 2 aromatic rings. The third kappa shape index (κ3) is 6.94. The van der Waals surface area contributed by atoms with Crippen molar-refractivity contribution in [3.63, 3.8) is 0 Å². The Balaban J connectivity index is 1.73. The second kappa shape index (κ2) is 11.5. The number of ether oxygens (including phenoxy) is 4. The van der Waals surface area contributed by atoms with Gasteiger partial charge in [0.25, 0.3) is 0 Å². The number of hydrogen-bond donors (Lipinski definition) is 1. The summed E-state index contributed by atoms with van der Waals surface area (Å²) in [4.78, 5) is 0. The van der Waals surface area contributed by atoms with Crippen LogP contribution in [0, 0.1) is 12.5 Å². The molecule has 2 aromatic carbocycles. The summed E-state index contributed by atoms with van der Waals surface area (Å²) in [6.45, 7) is 10.7. The van der Waals surface area contributed by atoms with Crippen molar-refractivity contribution in [3.05, 3.63) is 84.4 Å². The summed E-state index contributed by atoms with van der Waals surface area (Å²) in [5.74, 6) is -0.900. The van der Waals surface area contributed by atoms with Gasteiger partial charge in [-0.15, -0.1) is 0 Å². The molecule has 0 radical (unpaired) electrons. The fourth-order valence-corrected chi connectivity index (χ4v) is 3.91. The Morgan fingerprint density at radius 2 is 1.61 bits per heavy atom. The van der Waals surface area contributed by atoms with Crippen molar-refractivity contribution in [1.29, 1.82) is 0 Å². The van der Waals surface area contributed by atoms with Crippen LogP contribution in [0.25, 0.3) is 0 Å². The number of aliphatic hydroxyl groups excluding tert-OH is 1. The van der Waals surface area contributed by atoms with Gasteiger partial charge in [0, 0.05) is 12.3 Å². The van der Waals surface area contributed by atoms with Crippen LogP contribution in [0.3, 0.4) is 0 Å². The summed E-state index contributed by atoms with van der Waals surface area (Å²) >= 11 is 0. The van der Waals surface area contributed by atoms with Gasteiger partial charge in [-0.1, -0.05) is 60.7 Å². The van der Waals surface area contributed by atoms with E-state index in [2.05, 4.69) is 0 Å². The number of allylic oxidation sites excluding steroid dienone is 1. The van der Waals surface area contributed by atoms with Crippen molar-refractivity contribution in [2.24, 2.45) is 5.92 Å². The topological polar surface area (TPSA) is 57.2 Å². The zero-order valence-electron chi connectivity index (χ0n) is 18.4. The first-order chi connectivity index (χ1) is 15.0. The molecule has 1 N–H and O–H groups in total. The largest absolute Gasteiger partial charge is 0.394 e. The average Bonchev–Trinajstić information content (AvgIpc) is 2.78. The zero-order chi connectivity index (χ0) is 22.1. The molecule has 1 aliphatic rings. The van der Waals surface area contributed by atoms with Gasteiger partial charge in [0.2, 0.25) is 6.58 Å². The van der Waals surface area contributed by atoms with Crippen molar-refractivity contribution in [2.75, 3.05) is 13.2 Å². The van der Waals surface area contributed by atoms with Crippen molar-refractivity contribution < 1.29 is 24.1 Å². The number of aliphatic hydroxyl groups is 1. The molecule has 0 bridgehead atoms. The molecule has 5 heteroatoms. The molecule has 0 saturated carbocycles. The molecule has 1 saturated heterocycles. The van der Waals surface area contributed by atoms with Crippen LogP contribution in [-0.2, 0) is 32.2 Å². The number of benzene rings is 2. The van der Waals surface area contributed by atoms with E-state index in [1.54, 1.807) is 6.08 Å². The molecule has 1 aliphatic heterocycles. The molecule has 0 aromatic heterocycles. The van der Waals surface area contributed by atoms with Gasteiger partial charge >= 0.3 is 0 Å². The highest BCUT2D eigenvalue weighted by Crippen LogP contribution is 2.34. The summed E-state index contributed by atoms with van der Waals surface area (Å²) in [5, 5.41) is 10.0. The lowest BCUT2D eigenvalue weighted by Gasteiger charge is -2.47. The van der Waals surface area contributed by atoms with Gasteiger partial charge in [0.05, 0.1) is 32.5 Å². The Bertz CT molecular complexity index is 777. The Hall–Kier alpha value is -2.11.